The third kappa shape index (κ3) is 5.37. The first-order chi connectivity index (χ1) is 14.5. The number of nitrogens with one attached hydrogen (secondary N) is 2. The summed E-state index contributed by atoms with van der Waals surface area (Å²) in [6.07, 6.45) is 1.40. The van der Waals surface area contributed by atoms with Gasteiger partial charge in [-0.05, 0) is 35.7 Å². The molecule has 0 aliphatic carbocycles. The van der Waals surface area contributed by atoms with Gasteiger partial charge in [0.1, 0.15) is 11.9 Å². The fraction of sp³-hybridized carbons (Fsp3) is 0.0909. The Morgan fingerprint density at radius 1 is 1.03 bits per heavy atom. The number of phenolic OH excluding ortho intramolecular Hbond substituents is 1. The van der Waals surface area contributed by atoms with Crippen LogP contribution in [0.2, 0.25) is 0 Å². The summed E-state index contributed by atoms with van der Waals surface area (Å²) in [5.41, 5.74) is 2.74. The summed E-state index contributed by atoms with van der Waals surface area (Å²) in [4.78, 5) is 23.8. The number of amides is 2. The molecule has 0 saturated carbocycles. The van der Waals surface area contributed by atoms with Gasteiger partial charge in [0.2, 0.25) is 0 Å². The molecule has 0 unspecified atom stereocenters. The number of carbonyl (C=O) groups excluding carboxylic acids is 2. The van der Waals surface area contributed by atoms with E-state index in [1.54, 1.807) is 42.5 Å². The summed E-state index contributed by atoms with van der Waals surface area (Å²) < 4.78 is 6.52. The topological polar surface area (TPSA) is 108 Å². The van der Waals surface area contributed by atoms with Gasteiger partial charge in [-0.1, -0.05) is 52.3 Å². The van der Waals surface area contributed by atoms with E-state index in [-0.39, 0.29) is 12.2 Å². The van der Waals surface area contributed by atoms with Crippen molar-refractivity contribution in [3.05, 3.63) is 82.9 Å². The summed E-state index contributed by atoms with van der Waals surface area (Å²) in [5, 5.41) is 22.8. The van der Waals surface area contributed by atoms with E-state index in [0.29, 0.717) is 16.6 Å². The molecule has 0 radical (unpaired) electrons. The third-order valence-corrected chi connectivity index (χ3v) is 4.88. The Labute approximate surface area is 181 Å². The van der Waals surface area contributed by atoms with Crippen LogP contribution in [0.5, 0.6) is 5.75 Å². The van der Waals surface area contributed by atoms with Crippen molar-refractivity contribution in [2.45, 2.75) is 12.5 Å². The number of phenols is 1. The van der Waals surface area contributed by atoms with Crippen LogP contribution in [-0.2, 0) is 9.53 Å². The number of hydrogen-bond donors (Lipinski definition) is 4. The number of aromatic hydroxyl groups is 1. The van der Waals surface area contributed by atoms with Gasteiger partial charge >= 0.3 is 6.09 Å². The second-order valence-corrected chi connectivity index (χ2v) is 7.28. The number of fused-ring (bicyclic) bond motifs is 1. The highest BCUT2D eigenvalue weighted by Crippen LogP contribution is 2.34. The highest BCUT2D eigenvalue weighted by atomic mass is 79.9. The van der Waals surface area contributed by atoms with Crippen molar-refractivity contribution in [3.8, 4) is 5.75 Å². The molecule has 7 nitrogen and oxygen atoms in total. The van der Waals surface area contributed by atoms with Gasteiger partial charge in [0.15, 0.2) is 0 Å². The number of rotatable bonds is 6. The van der Waals surface area contributed by atoms with Crippen LogP contribution in [-0.4, -0.2) is 22.3 Å². The van der Waals surface area contributed by atoms with Crippen LogP contribution in [0.25, 0.3) is 10.8 Å². The van der Waals surface area contributed by atoms with E-state index >= 15 is 0 Å². The molecule has 0 bridgehead atoms. The number of carbonyl (C=O) groups is 2. The minimum absolute atomic E-state index is 0.114. The Morgan fingerprint density at radius 3 is 2.43 bits per heavy atom. The molecule has 3 aromatic carbocycles. The standard InChI is InChI=1S/C22H19BrN2O5/c23-14-8-10-15(11-9-14)24-22(28)30-20(6-3-7-21(27)25-29)18-12-13-19(26)17-5-2-1-4-16(17)18/h1-5,7-13,20,26,29H,6H2,(H,24,28)(H,25,27)/b7-3+/t20-/m1/s1. The Morgan fingerprint density at radius 2 is 1.73 bits per heavy atom. The van der Waals surface area contributed by atoms with Gasteiger partial charge in [-0.2, -0.15) is 0 Å². The van der Waals surface area contributed by atoms with Gasteiger partial charge in [-0.3, -0.25) is 15.3 Å². The number of anilines is 1. The Kier molecular flexibility index (Phi) is 7.05. The highest BCUT2D eigenvalue weighted by molar-refractivity contribution is 9.10. The molecule has 0 heterocycles. The molecule has 4 N–H and O–H groups in total. The normalized spacial score (nSPS) is 11.9. The Hall–Kier alpha value is -3.36. The lowest BCUT2D eigenvalue weighted by molar-refractivity contribution is -0.124. The van der Waals surface area contributed by atoms with Crippen molar-refractivity contribution in [2.24, 2.45) is 0 Å². The van der Waals surface area contributed by atoms with E-state index in [1.807, 2.05) is 12.1 Å². The average Bonchev–Trinajstić information content (AvgIpc) is 2.75. The summed E-state index contributed by atoms with van der Waals surface area (Å²) in [6, 6.07) is 17.4. The monoisotopic (exact) mass is 470 g/mol. The summed E-state index contributed by atoms with van der Waals surface area (Å²) >= 11 is 3.33. The second kappa shape index (κ2) is 9.91. The Balaban J connectivity index is 1.88. The first kappa shape index (κ1) is 21.4. The SMILES string of the molecule is O=C(/C=C/C[C@@H](OC(=O)Nc1ccc(Br)cc1)c1ccc(O)c2ccccc12)NO. The van der Waals surface area contributed by atoms with Crippen LogP contribution in [0.15, 0.2) is 77.3 Å². The minimum Gasteiger partial charge on any atom is -0.507 e. The smallest absolute Gasteiger partial charge is 0.412 e. The van der Waals surface area contributed by atoms with Crippen molar-refractivity contribution in [3.63, 3.8) is 0 Å². The zero-order chi connectivity index (χ0) is 21.5. The first-order valence-electron chi connectivity index (χ1n) is 9.02. The molecule has 0 aromatic heterocycles. The van der Waals surface area contributed by atoms with Gasteiger partial charge in [-0.25, -0.2) is 10.3 Å². The molecule has 8 heteroatoms. The van der Waals surface area contributed by atoms with Crippen LogP contribution in [0.3, 0.4) is 0 Å². The average molecular weight is 471 g/mol. The number of halogens is 1. The summed E-state index contributed by atoms with van der Waals surface area (Å²) in [5.74, 6) is -0.578. The number of hydroxylamine groups is 1. The van der Waals surface area contributed by atoms with Gasteiger partial charge in [0, 0.05) is 33.6 Å². The van der Waals surface area contributed by atoms with Crippen LogP contribution in [0.1, 0.15) is 18.1 Å². The van der Waals surface area contributed by atoms with Gasteiger partial charge < -0.3 is 9.84 Å². The predicted molar refractivity (Wildman–Crippen MR) is 116 cm³/mol. The molecule has 3 aromatic rings. The maximum absolute atomic E-state index is 12.5. The summed E-state index contributed by atoms with van der Waals surface area (Å²) in [6.45, 7) is 0. The molecule has 0 saturated heterocycles. The lowest BCUT2D eigenvalue weighted by atomic mass is 9.97. The minimum atomic E-state index is -0.742. The highest BCUT2D eigenvalue weighted by Gasteiger charge is 2.19. The van der Waals surface area contributed by atoms with E-state index in [2.05, 4.69) is 21.2 Å². The van der Waals surface area contributed by atoms with Gasteiger partial charge in [0.05, 0.1) is 0 Å². The van der Waals surface area contributed by atoms with Crippen LogP contribution in [0.4, 0.5) is 10.5 Å². The van der Waals surface area contributed by atoms with Crippen LogP contribution in [0, 0.1) is 0 Å². The zero-order valence-electron chi connectivity index (χ0n) is 15.7. The molecule has 3 rings (SSSR count). The van der Waals surface area contributed by atoms with Gasteiger partial charge in [-0.15, -0.1) is 0 Å². The molecule has 30 heavy (non-hydrogen) atoms. The van der Waals surface area contributed by atoms with Crippen molar-refractivity contribution in [1.29, 1.82) is 0 Å². The van der Waals surface area contributed by atoms with Crippen LogP contribution < -0.4 is 10.8 Å². The molecule has 1 atom stereocenters. The predicted octanol–water partition coefficient (Wildman–Crippen LogP) is 5.05. The van der Waals surface area contributed by atoms with E-state index in [1.165, 1.54) is 17.6 Å². The lowest BCUT2D eigenvalue weighted by Gasteiger charge is -2.19. The molecule has 0 spiro atoms. The third-order valence-electron chi connectivity index (χ3n) is 4.35. The quantitative estimate of drug-likeness (QED) is 0.229. The van der Waals surface area contributed by atoms with E-state index in [0.717, 1.165) is 15.9 Å². The lowest BCUT2D eigenvalue weighted by Crippen LogP contribution is -2.18. The number of hydrogen-bond acceptors (Lipinski definition) is 5. The first-order valence-corrected chi connectivity index (χ1v) is 9.81. The Bertz CT molecular complexity index is 1080. The molecular formula is C22H19BrN2O5. The van der Waals surface area contributed by atoms with Crippen molar-refractivity contribution in [1.82, 2.24) is 5.48 Å². The fourth-order valence-electron chi connectivity index (χ4n) is 2.97. The maximum atomic E-state index is 12.5. The van der Waals surface area contributed by atoms with E-state index in [9.17, 15) is 14.7 Å². The van der Waals surface area contributed by atoms with E-state index < -0.39 is 18.1 Å². The molecule has 0 aliphatic rings. The molecule has 154 valence electrons. The fourth-order valence-corrected chi connectivity index (χ4v) is 3.24. The zero-order valence-corrected chi connectivity index (χ0v) is 17.3. The van der Waals surface area contributed by atoms with Gasteiger partial charge in [0.25, 0.3) is 5.91 Å². The second-order valence-electron chi connectivity index (χ2n) is 6.36. The maximum Gasteiger partial charge on any atom is 0.412 e. The molecule has 2 amide bonds. The van der Waals surface area contributed by atoms with Crippen LogP contribution >= 0.6 is 15.9 Å². The number of ether oxygens (including phenoxy) is 1. The van der Waals surface area contributed by atoms with Crippen molar-refractivity contribution >= 4 is 44.4 Å². The van der Waals surface area contributed by atoms with Crippen molar-refractivity contribution < 1.29 is 24.6 Å². The molecule has 0 aliphatic heterocycles. The van der Waals surface area contributed by atoms with E-state index in [4.69, 9.17) is 9.94 Å². The summed E-state index contributed by atoms with van der Waals surface area (Å²) in [7, 11) is 0. The number of benzene rings is 3. The van der Waals surface area contributed by atoms with Crippen molar-refractivity contribution in [2.75, 3.05) is 5.32 Å². The largest absolute Gasteiger partial charge is 0.507 e. The molecule has 0 fully saturated rings. The molecular weight excluding hydrogens is 452 g/mol.